The SMILES string of the molecule is CCCCOc1ccc(-c2nc(C3CC(=O)N(c4cc(F)ccc4F)C3)no2)cc1. The Labute approximate surface area is 172 Å². The van der Waals surface area contributed by atoms with Crippen LogP contribution in [0.25, 0.3) is 11.5 Å². The molecule has 0 radical (unpaired) electrons. The molecular formula is C22H21F2N3O3. The van der Waals surface area contributed by atoms with Gasteiger partial charge in [-0.2, -0.15) is 4.98 Å². The Hall–Kier alpha value is -3.29. The van der Waals surface area contributed by atoms with Crippen LogP contribution in [0.5, 0.6) is 5.75 Å². The number of unbranched alkanes of at least 4 members (excludes halogenated alkanes) is 1. The molecule has 1 fully saturated rings. The number of nitrogens with zero attached hydrogens (tertiary/aromatic N) is 3. The number of halogens is 2. The fourth-order valence-corrected chi connectivity index (χ4v) is 3.35. The molecule has 1 amide bonds. The summed E-state index contributed by atoms with van der Waals surface area (Å²) in [5.41, 5.74) is 0.652. The van der Waals surface area contributed by atoms with Crippen molar-refractivity contribution < 1.29 is 22.8 Å². The molecule has 1 unspecified atom stereocenters. The number of carbonyl (C=O) groups is 1. The van der Waals surface area contributed by atoms with E-state index in [0.29, 0.717) is 18.3 Å². The van der Waals surface area contributed by atoms with Gasteiger partial charge in [0, 0.05) is 30.5 Å². The lowest BCUT2D eigenvalue weighted by Crippen LogP contribution is -2.25. The Kier molecular flexibility index (Phi) is 5.74. The van der Waals surface area contributed by atoms with Gasteiger partial charge in [0.05, 0.1) is 12.3 Å². The van der Waals surface area contributed by atoms with Crippen molar-refractivity contribution in [3.05, 3.63) is 59.9 Å². The molecule has 0 aliphatic carbocycles. The fourth-order valence-electron chi connectivity index (χ4n) is 3.35. The summed E-state index contributed by atoms with van der Waals surface area (Å²) in [4.78, 5) is 18.0. The van der Waals surface area contributed by atoms with Gasteiger partial charge in [-0.1, -0.05) is 18.5 Å². The van der Waals surface area contributed by atoms with E-state index in [1.54, 1.807) is 0 Å². The normalized spacial score (nSPS) is 16.3. The third-order valence-electron chi connectivity index (χ3n) is 5.00. The summed E-state index contributed by atoms with van der Waals surface area (Å²) in [6, 6.07) is 10.4. The second-order valence-corrected chi connectivity index (χ2v) is 7.19. The summed E-state index contributed by atoms with van der Waals surface area (Å²) in [6.45, 7) is 2.92. The molecule has 156 valence electrons. The summed E-state index contributed by atoms with van der Waals surface area (Å²) in [7, 11) is 0. The summed E-state index contributed by atoms with van der Waals surface area (Å²) < 4.78 is 38.6. The Morgan fingerprint density at radius 1 is 1.20 bits per heavy atom. The van der Waals surface area contributed by atoms with Gasteiger partial charge in [-0.25, -0.2) is 8.78 Å². The van der Waals surface area contributed by atoms with Crippen molar-refractivity contribution in [2.45, 2.75) is 32.1 Å². The van der Waals surface area contributed by atoms with Crippen LogP contribution in [-0.2, 0) is 4.79 Å². The molecule has 1 atom stereocenters. The monoisotopic (exact) mass is 413 g/mol. The molecule has 3 aromatic rings. The van der Waals surface area contributed by atoms with Crippen LogP contribution in [0.1, 0.15) is 37.9 Å². The van der Waals surface area contributed by atoms with Crippen molar-refractivity contribution in [3.8, 4) is 17.2 Å². The molecule has 1 saturated heterocycles. The highest BCUT2D eigenvalue weighted by atomic mass is 19.1. The number of benzene rings is 2. The number of rotatable bonds is 7. The fraction of sp³-hybridized carbons (Fsp3) is 0.318. The van der Waals surface area contributed by atoms with Crippen LogP contribution in [0, 0.1) is 11.6 Å². The smallest absolute Gasteiger partial charge is 0.257 e. The second-order valence-electron chi connectivity index (χ2n) is 7.19. The quantitative estimate of drug-likeness (QED) is 0.525. The number of ether oxygens (including phenoxy) is 1. The Balaban J connectivity index is 1.46. The molecule has 4 rings (SSSR count). The number of carbonyl (C=O) groups excluding carboxylic acids is 1. The molecule has 2 aromatic carbocycles. The third-order valence-corrected chi connectivity index (χ3v) is 5.00. The molecule has 1 aromatic heterocycles. The minimum absolute atomic E-state index is 0.0788. The first kappa shape index (κ1) is 20.0. The van der Waals surface area contributed by atoms with Crippen LogP contribution in [0.2, 0.25) is 0 Å². The van der Waals surface area contributed by atoms with E-state index in [1.807, 2.05) is 24.3 Å². The van der Waals surface area contributed by atoms with Gasteiger partial charge in [0.2, 0.25) is 5.91 Å². The van der Waals surface area contributed by atoms with Crippen LogP contribution in [0.4, 0.5) is 14.5 Å². The summed E-state index contributed by atoms with van der Waals surface area (Å²) >= 11 is 0. The van der Waals surface area contributed by atoms with Gasteiger partial charge in [-0.05, 0) is 42.8 Å². The van der Waals surface area contributed by atoms with Crippen molar-refractivity contribution in [3.63, 3.8) is 0 Å². The number of hydrogen-bond donors (Lipinski definition) is 0. The molecule has 1 aliphatic rings. The van der Waals surface area contributed by atoms with E-state index < -0.39 is 11.6 Å². The van der Waals surface area contributed by atoms with Crippen molar-refractivity contribution in [1.82, 2.24) is 10.1 Å². The van der Waals surface area contributed by atoms with Gasteiger partial charge >= 0.3 is 0 Å². The van der Waals surface area contributed by atoms with E-state index >= 15 is 0 Å². The van der Waals surface area contributed by atoms with Crippen LogP contribution < -0.4 is 9.64 Å². The van der Waals surface area contributed by atoms with E-state index in [-0.39, 0.29) is 30.5 Å². The maximum Gasteiger partial charge on any atom is 0.257 e. The maximum absolute atomic E-state index is 14.1. The standard InChI is InChI=1S/C22H21F2N3O3/c1-2-3-10-29-17-7-4-14(5-8-17)22-25-21(26-30-22)15-11-20(28)27(13-15)19-12-16(23)6-9-18(19)24/h4-9,12,15H,2-3,10-11,13H2,1H3. The number of anilines is 1. The van der Waals surface area contributed by atoms with E-state index in [0.717, 1.165) is 42.4 Å². The van der Waals surface area contributed by atoms with Crippen molar-refractivity contribution in [2.24, 2.45) is 0 Å². The number of hydrogen-bond acceptors (Lipinski definition) is 5. The Bertz CT molecular complexity index is 1040. The molecule has 30 heavy (non-hydrogen) atoms. The third kappa shape index (κ3) is 4.17. The number of aromatic nitrogens is 2. The molecule has 0 bridgehead atoms. The predicted octanol–water partition coefficient (Wildman–Crippen LogP) is 4.71. The zero-order valence-corrected chi connectivity index (χ0v) is 16.5. The highest BCUT2D eigenvalue weighted by Crippen LogP contribution is 2.33. The first-order valence-electron chi connectivity index (χ1n) is 9.87. The van der Waals surface area contributed by atoms with E-state index in [1.165, 1.54) is 4.90 Å². The van der Waals surface area contributed by atoms with E-state index in [4.69, 9.17) is 9.26 Å². The van der Waals surface area contributed by atoms with Gasteiger partial charge in [-0.15, -0.1) is 0 Å². The molecular weight excluding hydrogens is 392 g/mol. The first-order valence-corrected chi connectivity index (χ1v) is 9.87. The molecule has 0 saturated carbocycles. The molecule has 0 spiro atoms. The predicted molar refractivity (Wildman–Crippen MR) is 106 cm³/mol. The topological polar surface area (TPSA) is 68.5 Å². The van der Waals surface area contributed by atoms with E-state index in [9.17, 15) is 13.6 Å². The maximum atomic E-state index is 14.1. The molecule has 1 aliphatic heterocycles. The van der Waals surface area contributed by atoms with Gasteiger partial charge in [0.1, 0.15) is 17.4 Å². The Morgan fingerprint density at radius 3 is 2.77 bits per heavy atom. The minimum atomic E-state index is -0.652. The summed E-state index contributed by atoms with van der Waals surface area (Å²) in [5, 5.41) is 4.00. The average molecular weight is 413 g/mol. The van der Waals surface area contributed by atoms with Crippen LogP contribution in [0.3, 0.4) is 0 Å². The highest BCUT2D eigenvalue weighted by molar-refractivity contribution is 5.96. The largest absolute Gasteiger partial charge is 0.494 e. The molecule has 8 heteroatoms. The molecule has 0 N–H and O–H groups in total. The zero-order chi connectivity index (χ0) is 21.1. The van der Waals surface area contributed by atoms with Crippen LogP contribution >= 0.6 is 0 Å². The summed E-state index contributed by atoms with van der Waals surface area (Å²) in [6.07, 6.45) is 2.15. The summed E-state index contributed by atoms with van der Waals surface area (Å²) in [5.74, 6) is -0.485. The van der Waals surface area contributed by atoms with Gasteiger partial charge in [-0.3, -0.25) is 4.79 Å². The minimum Gasteiger partial charge on any atom is -0.494 e. The Morgan fingerprint density at radius 2 is 2.00 bits per heavy atom. The van der Waals surface area contributed by atoms with Gasteiger partial charge in [0.25, 0.3) is 5.89 Å². The van der Waals surface area contributed by atoms with Crippen LogP contribution in [0.15, 0.2) is 47.0 Å². The van der Waals surface area contributed by atoms with Gasteiger partial charge < -0.3 is 14.2 Å². The number of amides is 1. The second kappa shape index (κ2) is 8.61. The lowest BCUT2D eigenvalue weighted by molar-refractivity contribution is -0.117. The zero-order valence-electron chi connectivity index (χ0n) is 16.5. The molecule has 2 heterocycles. The van der Waals surface area contributed by atoms with Crippen LogP contribution in [-0.4, -0.2) is 29.2 Å². The highest BCUT2D eigenvalue weighted by Gasteiger charge is 2.36. The van der Waals surface area contributed by atoms with Gasteiger partial charge in [0.15, 0.2) is 5.82 Å². The first-order chi connectivity index (χ1) is 14.5. The lowest BCUT2D eigenvalue weighted by Gasteiger charge is -2.16. The molecule has 6 nitrogen and oxygen atoms in total. The van der Waals surface area contributed by atoms with Crippen molar-refractivity contribution in [2.75, 3.05) is 18.1 Å². The lowest BCUT2D eigenvalue weighted by atomic mass is 10.1. The van der Waals surface area contributed by atoms with Crippen molar-refractivity contribution in [1.29, 1.82) is 0 Å². The average Bonchev–Trinajstić information content (AvgIpc) is 3.38. The van der Waals surface area contributed by atoms with Crippen molar-refractivity contribution >= 4 is 11.6 Å². The van der Waals surface area contributed by atoms with E-state index in [2.05, 4.69) is 17.1 Å².